The molecule has 1 fully saturated rings. The molecule has 2 N–H and O–H groups in total. The maximum absolute atomic E-state index is 11.9. The molecular weight excluding hydrogens is 268 g/mol. The van der Waals surface area contributed by atoms with Crippen LogP contribution in [0.4, 0.5) is 4.79 Å². The van der Waals surface area contributed by atoms with E-state index in [1.54, 1.807) is 11.0 Å². The van der Waals surface area contributed by atoms with Crippen molar-refractivity contribution in [1.82, 2.24) is 10.2 Å². The number of nitrogens with zero attached hydrogens (tertiary/aromatic N) is 1. The monoisotopic (exact) mass is 284 g/mol. The maximum atomic E-state index is 11.9. The molecule has 1 aliphatic rings. The number of carbonyl (C=O) groups is 2. The lowest BCUT2D eigenvalue weighted by Crippen LogP contribution is -2.46. The van der Waals surface area contributed by atoms with Crippen LogP contribution in [0, 0.1) is 0 Å². The van der Waals surface area contributed by atoms with E-state index in [4.69, 9.17) is 9.52 Å². The highest BCUT2D eigenvalue weighted by Gasteiger charge is 2.21. The molecule has 7 heteroatoms. The van der Waals surface area contributed by atoms with E-state index in [1.165, 1.54) is 6.07 Å². The molecule has 104 valence electrons. The first-order valence-electron chi connectivity index (χ1n) is 6.02. The fraction of sp³-hybridized carbons (Fsp3) is 0.500. The minimum Gasteiger partial charge on any atom is -0.475 e. The molecule has 2 heterocycles. The van der Waals surface area contributed by atoms with Gasteiger partial charge in [-0.25, -0.2) is 9.59 Å². The number of nitrogens with one attached hydrogen (secondary N) is 1. The standard InChI is InChI=1S/C12H16N2O4S/c1-8-7-14(4-5-19-8)12(17)13-6-9-2-3-10(18-9)11(15)16/h2-3,8H,4-7H2,1H3,(H,13,17)(H,15,16). The van der Waals surface area contributed by atoms with Gasteiger partial charge in [-0.2, -0.15) is 11.8 Å². The second kappa shape index (κ2) is 6.01. The predicted octanol–water partition coefficient (Wildman–Crippen LogP) is 1.62. The van der Waals surface area contributed by atoms with E-state index in [-0.39, 0.29) is 18.3 Å². The summed E-state index contributed by atoms with van der Waals surface area (Å²) >= 11 is 1.85. The number of aromatic carboxylic acids is 1. The lowest BCUT2D eigenvalue weighted by Gasteiger charge is -2.30. The van der Waals surface area contributed by atoms with E-state index < -0.39 is 5.97 Å². The largest absolute Gasteiger partial charge is 0.475 e. The Labute approximate surface area is 115 Å². The average Bonchev–Trinajstić information content (AvgIpc) is 2.85. The first-order chi connectivity index (χ1) is 9.06. The average molecular weight is 284 g/mol. The van der Waals surface area contributed by atoms with Crippen molar-refractivity contribution in [3.05, 3.63) is 23.7 Å². The Morgan fingerprint density at radius 1 is 1.58 bits per heavy atom. The summed E-state index contributed by atoms with van der Waals surface area (Å²) in [5.41, 5.74) is 0. The number of hydrogen-bond donors (Lipinski definition) is 2. The number of urea groups is 1. The molecular formula is C12H16N2O4S. The molecule has 0 saturated carbocycles. The van der Waals surface area contributed by atoms with E-state index in [0.717, 1.165) is 18.8 Å². The number of amides is 2. The highest BCUT2D eigenvalue weighted by Crippen LogP contribution is 2.17. The summed E-state index contributed by atoms with van der Waals surface area (Å²) < 4.78 is 5.07. The van der Waals surface area contributed by atoms with Gasteiger partial charge in [0.05, 0.1) is 6.54 Å². The van der Waals surface area contributed by atoms with Gasteiger partial charge in [-0.1, -0.05) is 6.92 Å². The molecule has 2 amide bonds. The molecule has 1 atom stereocenters. The van der Waals surface area contributed by atoms with Crippen LogP contribution in [0.5, 0.6) is 0 Å². The van der Waals surface area contributed by atoms with Gasteiger partial charge in [-0.3, -0.25) is 0 Å². The van der Waals surface area contributed by atoms with Crippen LogP contribution in [0.25, 0.3) is 0 Å². The molecule has 1 aliphatic heterocycles. The summed E-state index contributed by atoms with van der Waals surface area (Å²) in [6.45, 7) is 3.76. The number of furan rings is 1. The fourth-order valence-corrected chi connectivity index (χ4v) is 2.88. The summed E-state index contributed by atoms with van der Waals surface area (Å²) in [7, 11) is 0. The highest BCUT2D eigenvalue weighted by molar-refractivity contribution is 7.99. The molecule has 0 bridgehead atoms. The zero-order chi connectivity index (χ0) is 13.8. The molecule has 1 aromatic heterocycles. The number of thioether (sulfide) groups is 1. The lowest BCUT2D eigenvalue weighted by molar-refractivity contribution is 0.0660. The van der Waals surface area contributed by atoms with Gasteiger partial charge in [0.25, 0.3) is 0 Å². The summed E-state index contributed by atoms with van der Waals surface area (Å²) in [6, 6.07) is 2.79. The molecule has 19 heavy (non-hydrogen) atoms. The number of carbonyl (C=O) groups excluding carboxylic acids is 1. The Hall–Kier alpha value is -1.63. The molecule has 1 saturated heterocycles. The van der Waals surface area contributed by atoms with Crippen molar-refractivity contribution in [2.45, 2.75) is 18.7 Å². The van der Waals surface area contributed by atoms with Gasteiger partial charge in [0.2, 0.25) is 5.76 Å². The molecule has 0 spiro atoms. The van der Waals surface area contributed by atoms with E-state index in [9.17, 15) is 9.59 Å². The van der Waals surface area contributed by atoms with E-state index >= 15 is 0 Å². The molecule has 1 aromatic rings. The quantitative estimate of drug-likeness (QED) is 0.881. The first-order valence-corrected chi connectivity index (χ1v) is 7.07. The smallest absolute Gasteiger partial charge is 0.371 e. The van der Waals surface area contributed by atoms with Crippen LogP contribution in [-0.4, -0.2) is 46.1 Å². The summed E-state index contributed by atoms with van der Waals surface area (Å²) in [5.74, 6) is 0.148. The van der Waals surface area contributed by atoms with Gasteiger partial charge in [0, 0.05) is 24.1 Å². The Balaban J connectivity index is 1.84. The van der Waals surface area contributed by atoms with Crippen LogP contribution in [0.3, 0.4) is 0 Å². The zero-order valence-electron chi connectivity index (χ0n) is 10.6. The Kier molecular flexibility index (Phi) is 4.36. The van der Waals surface area contributed by atoms with Crippen LogP contribution in [0.15, 0.2) is 16.5 Å². The Morgan fingerprint density at radius 2 is 2.37 bits per heavy atom. The van der Waals surface area contributed by atoms with Gasteiger partial charge in [-0.15, -0.1) is 0 Å². The van der Waals surface area contributed by atoms with Crippen molar-refractivity contribution in [1.29, 1.82) is 0 Å². The van der Waals surface area contributed by atoms with Gasteiger partial charge in [0.1, 0.15) is 5.76 Å². The van der Waals surface area contributed by atoms with E-state index in [1.807, 2.05) is 11.8 Å². The van der Waals surface area contributed by atoms with Crippen molar-refractivity contribution >= 4 is 23.8 Å². The van der Waals surface area contributed by atoms with Crippen LogP contribution >= 0.6 is 11.8 Å². The van der Waals surface area contributed by atoms with E-state index in [2.05, 4.69) is 12.2 Å². The third kappa shape index (κ3) is 3.66. The van der Waals surface area contributed by atoms with Crippen molar-refractivity contribution in [3.8, 4) is 0 Å². The SMILES string of the molecule is CC1CN(C(=O)NCc2ccc(C(=O)O)o2)CCS1. The van der Waals surface area contributed by atoms with Gasteiger partial charge in [-0.05, 0) is 12.1 Å². The number of carboxylic acids is 1. The minimum absolute atomic E-state index is 0.118. The van der Waals surface area contributed by atoms with Crippen LogP contribution in [0.1, 0.15) is 23.2 Å². The van der Waals surface area contributed by atoms with Crippen LogP contribution < -0.4 is 5.32 Å². The zero-order valence-corrected chi connectivity index (χ0v) is 11.4. The van der Waals surface area contributed by atoms with Crippen molar-refractivity contribution in [2.75, 3.05) is 18.8 Å². The van der Waals surface area contributed by atoms with Crippen LogP contribution in [-0.2, 0) is 6.54 Å². The first kappa shape index (κ1) is 13.8. The van der Waals surface area contributed by atoms with Crippen molar-refractivity contribution in [2.24, 2.45) is 0 Å². The fourth-order valence-electron chi connectivity index (χ4n) is 1.87. The topological polar surface area (TPSA) is 82.8 Å². The summed E-state index contributed by atoms with van der Waals surface area (Å²) in [6.07, 6.45) is 0. The number of rotatable bonds is 3. The summed E-state index contributed by atoms with van der Waals surface area (Å²) in [5, 5.41) is 11.9. The third-order valence-corrected chi connectivity index (χ3v) is 3.95. The second-order valence-electron chi connectivity index (χ2n) is 4.36. The summed E-state index contributed by atoms with van der Waals surface area (Å²) in [4.78, 5) is 24.3. The number of carboxylic acid groups (broad SMARTS) is 1. The van der Waals surface area contributed by atoms with Crippen LogP contribution in [0.2, 0.25) is 0 Å². The van der Waals surface area contributed by atoms with Gasteiger partial charge < -0.3 is 19.7 Å². The maximum Gasteiger partial charge on any atom is 0.371 e. The third-order valence-electron chi connectivity index (χ3n) is 2.81. The van der Waals surface area contributed by atoms with E-state index in [0.29, 0.717) is 11.0 Å². The second-order valence-corrected chi connectivity index (χ2v) is 5.90. The molecule has 1 unspecified atom stereocenters. The molecule has 2 rings (SSSR count). The molecule has 0 aliphatic carbocycles. The molecule has 6 nitrogen and oxygen atoms in total. The normalized spacial score (nSPS) is 19.2. The molecule has 0 aromatic carbocycles. The molecule has 0 radical (unpaired) electrons. The lowest BCUT2D eigenvalue weighted by atomic mass is 10.4. The minimum atomic E-state index is -1.11. The highest BCUT2D eigenvalue weighted by atomic mass is 32.2. The predicted molar refractivity (Wildman–Crippen MR) is 71.4 cm³/mol. The Bertz CT molecular complexity index is 474. The van der Waals surface area contributed by atoms with Gasteiger partial charge in [0.15, 0.2) is 0 Å². The number of hydrogen-bond acceptors (Lipinski definition) is 4. The van der Waals surface area contributed by atoms with Crippen molar-refractivity contribution < 1.29 is 19.1 Å². The van der Waals surface area contributed by atoms with Crippen molar-refractivity contribution in [3.63, 3.8) is 0 Å². The van der Waals surface area contributed by atoms with Gasteiger partial charge >= 0.3 is 12.0 Å². The Morgan fingerprint density at radius 3 is 3.00 bits per heavy atom.